The van der Waals surface area contributed by atoms with Crippen LogP contribution in [0.15, 0.2) is 12.7 Å². The van der Waals surface area contributed by atoms with Gasteiger partial charge in [0, 0.05) is 0 Å². The minimum absolute atomic E-state index is 0.224. The van der Waals surface area contributed by atoms with Crippen LogP contribution in [-0.4, -0.2) is 35.5 Å². The lowest BCUT2D eigenvalue weighted by Gasteiger charge is -2.09. The summed E-state index contributed by atoms with van der Waals surface area (Å²) in [5.74, 6) is -0.826. The zero-order chi connectivity index (χ0) is 13.8. The number of carbonyl (C=O) groups excluding carboxylic acids is 1. The van der Waals surface area contributed by atoms with E-state index in [0.29, 0.717) is 5.13 Å². The maximum atomic E-state index is 11.7. The van der Waals surface area contributed by atoms with Crippen molar-refractivity contribution in [3.05, 3.63) is 17.7 Å². The first kappa shape index (κ1) is 14.8. The van der Waals surface area contributed by atoms with Crippen LogP contribution in [0, 0.1) is 0 Å². The van der Waals surface area contributed by atoms with Crippen molar-refractivity contribution >= 4 is 32.2 Å². The molecule has 6 nitrogen and oxygen atoms in total. The minimum atomic E-state index is -3.50. The highest BCUT2D eigenvalue weighted by Gasteiger charge is 2.27. The number of aromatic nitrogens is 2. The van der Waals surface area contributed by atoms with E-state index in [-0.39, 0.29) is 5.75 Å². The molecule has 1 unspecified atom stereocenters. The second-order valence-electron chi connectivity index (χ2n) is 3.60. The highest BCUT2D eigenvalue weighted by atomic mass is 32.2. The van der Waals surface area contributed by atoms with Gasteiger partial charge in [0.1, 0.15) is 10.3 Å². The van der Waals surface area contributed by atoms with Gasteiger partial charge in [0.05, 0.1) is 5.75 Å². The van der Waals surface area contributed by atoms with Crippen LogP contribution in [0.1, 0.15) is 18.9 Å². The number of aryl methyl sites for hydroxylation is 1. The summed E-state index contributed by atoms with van der Waals surface area (Å²) in [6, 6.07) is 0. The molecule has 0 aromatic carbocycles. The number of hydrogen-bond acceptors (Lipinski definition) is 6. The van der Waals surface area contributed by atoms with Crippen molar-refractivity contribution in [3.8, 4) is 0 Å². The maximum Gasteiger partial charge on any atom is 0.244 e. The molecule has 1 rings (SSSR count). The van der Waals surface area contributed by atoms with Crippen molar-refractivity contribution in [3.63, 3.8) is 0 Å². The molecule has 0 radical (unpaired) electrons. The van der Waals surface area contributed by atoms with Crippen molar-refractivity contribution < 1.29 is 13.2 Å². The topological polar surface area (TPSA) is 89.0 Å². The minimum Gasteiger partial charge on any atom is -0.299 e. The van der Waals surface area contributed by atoms with Gasteiger partial charge >= 0.3 is 0 Å². The first-order valence-corrected chi connectivity index (χ1v) is 7.89. The number of hydrogen-bond donors (Lipinski definition) is 1. The molecule has 8 heteroatoms. The smallest absolute Gasteiger partial charge is 0.244 e. The summed E-state index contributed by atoms with van der Waals surface area (Å²) in [6.45, 7) is 6.62. The van der Waals surface area contributed by atoms with Gasteiger partial charge < -0.3 is 0 Å². The van der Waals surface area contributed by atoms with Crippen LogP contribution in [-0.2, 0) is 21.1 Å². The monoisotopic (exact) mass is 289 g/mol. The van der Waals surface area contributed by atoms with Crippen LogP contribution in [0.5, 0.6) is 0 Å². The Morgan fingerprint density at radius 2 is 2.22 bits per heavy atom. The fourth-order valence-electron chi connectivity index (χ4n) is 1.13. The molecule has 1 heterocycles. The van der Waals surface area contributed by atoms with Crippen molar-refractivity contribution in [1.82, 2.24) is 10.2 Å². The van der Waals surface area contributed by atoms with Gasteiger partial charge in [-0.2, -0.15) is 0 Å². The second kappa shape index (κ2) is 6.05. The van der Waals surface area contributed by atoms with Gasteiger partial charge in [-0.1, -0.05) is 24.3 Å². The fraction of sp³-hybridized carbons (Fsp3) is 0.500. The SMILES string of the molecule is C=CCS(=O)(=O)C(C)C(=O)Nc1nnc(CC)s1. The van der Waals surface area contributed by atoms with Crippen LogP contribution in [0.3, 0.4) is 0 Å². The molecule has 1 aromatic heterocycles. The third kappa shape index (κ3) is 3.61. The first-order valence-electron chi connectivity index (χ1n) is 5.36. The summed E-state index contributed by atoms with van der Waals surface area (Å²) in [4.78, 5) is 11.7. The molecule has 0 aliphatic carbocycles. The largest absolute Gasteiger partial charge is 0.299 e. The Morgan fingerprint density at radius 1 is 1.56 bits per heavy atom. The number of carbonyl (C=O) groups is 1. The molecule has 0 fully saturated rings. The van der Waals surface area contributed by atoms with Crippen molar-refractivity contribution in [2.75, 3.05) is 11.1 Å². The van der Waals surface area contributed by atoms with Crippen LogP contribution >= 0.6 is 11.3 Å². The normalized spacial score (nSPS) is 13.0. The molecule has 0 aliphatic heterocycles. The quantitative estimate of drug-likeness (QED) is 0.790. The summed E-state index contributed by atoms with van der Waals surface area (Å²) in [6.07, 6.45) is 1.98. The molecule has 1 amide bonds. The number of rotatable bonds is 6. The van der Waals surface area contributed by atoms with E-state index in [2.05, 4.69) is 22.1 Å². The Labute approximate surface area is 110 Å². The van der Waals surface area contributed by atoms with E-state index >= 15 is 0 Å². The number of nitrogens with one attached hydrogen (secondary N) is 1. The number of amides is 1. The zero-order valence-corrected chi connectivity index (χ0v) is 11.8. The predicted octanol–water partition coefficient (Wildman–Crippen LogP) is 1.03. The Bertz CT molecular complexity index is 536. The highest BCUT2D eigenvalue weighted by molar-refractivity contribution is 7.92. The van der Waals surface area contributed by atoms with E-state index in [9.17, 15) is 13.2 Å². The van der Waals surface area contributed by atoms with Crippen molar-refractivity contribution in [2.24, 2.45) is 0 Å². The van der Waals surface area contributed by atoms with Crippen LogP contribution in [0.4, 0.5) is 5.13 Å². The van der Waals surface area contributed by atoms with E-state index in [0.717, 1.165) is 11.4 Å². The number of sulfone groups is 1. The summed E-state index contributed by atoms with van der Waals surface area (Å²) in [5, 5.41) is 10.0. The van der Waals surface area contributed by atoms with Gasteiger partial charge in [-0.25, -0.2) is 8.42 Å². The van der Waals surface area contributed by atoms with Crippen molar-refractivity contribution in [1.29, 1.82) is 0 Å². The standard InChI is InChI=1S/C10H15N3O3S2/c1-4-6-18(15,16)7(3)9(14)11-10-13-12-8(5-2)17-10/h4,7H,1,5-6H2,2-3H3,(H,11,13,14). The van der Waals surface area contributed by atoms with Gasteiger partial charge in [-0.3, -0.25) is 10.1 Å². The van der Waals surface area contributed by atoms with E-state index in [1.54, 1.807) is 0 Å². The molecule has 1 atom stereocenters. The average Bonchev–Trinajstić information content (AvgIpc) is 2.75. The summed E-state index contributed by atoms with van der Waals surface area (Å²) >= 11 is 1.23. The molecule has 0 bridgehead atoms. The molecule has 18 heavy (non-hydrogen) atoms. The molecule has 1 aromatic rings. The lowest BCUT2D eigenvalue weighted by atomic mass is 10.4. The number of nitrogens with zero attached hydrogens (tertiary/aromatic N) is 2. The third-order valence-corrected chi connectivity index (χ3v) is 5.23. The Kier molecular flexibility index (Phi) is 4.97. The highest BCUT2D eigenvalue weighted by Crippen LogP contribution is 2.16. The van der Waals surface area contributed by atoms with Crippen LogP contribution < -0.4 is 5.32 Å². The molecule has 0 saturated carbocycles. The van der Waals surface area contributed by atoms with E-state index in [4.69, 9.17) is 0 Å². The Morgan fingerprint density at radius 3 is 2.72 bits per heavy atom. The van der Waals surface area contributed by atoms with E-state index in [1.807, 2.05) is 6.92 Å². The van der Waals surface area contributed by atoms with Crippen LogP contribution in [0.2, 0.25) is 0 Å². The summed E-state index contributed by atoms with van der Waals surface area (Å²) in [7, 11) is -3.50. The summed E-state index contributed by atoms with van der Waals surface area (Å²) < 4.78 is 23.3. The van der Waals surface area contributed by atoms with Gasteiger partial charge in [-0.15, -0.1) is 16.8 Å². The zero-order valence-electron chi connectivity index (χ0n) is 10.2. The lowest BCUT2D eigenvalue weighted by molar-refractivity contribution is -0.115. The Balaban J connectivity index is 2.73. The first-order chi connectivity index (χ1) is 8.40. The molecule has 0 spiro atoms. The molecule has 0 aliphatic rings. The second-order valence-corrected chi connectivity index (χ2v) is 7.03. The molecular weight excluding hydrogens is 274 g/mol. The van der Waals surface area contributed by atoms with Gasteiger partial charge in [-0.05, 0) is 13.3 Å². The van der Waals surface area contributed by atoms with Gasteiger partial charge in [0.2, 0.25) is 11.0 Å². The third-order valence-electron chi connectivity index (χ3n) is 2.26. The lowest BCUT2D eigenvalue weighted by Crippen LogP contribution is -2.33. The van der Waals surface area contributed by atoms with Gasteiger partial charge in [0.15, 0.2) is 9.84 Å². The Hall–Kier alpha value is -1.28. The van der Waals surface area contributed by atoms with Crippen molar-refractivity contribution in [2.45, 2.75) is 25.5 Å². The van der Waals surface area contributed by atoms with E-state index in [1.165, 1.54) is 24.3 Å². The molecule has 100 valence electrons. The fourth-order valence-corrected chi connectivity index (χ4v) is 2.81. The predicted molar refractivity (Wildman–Crippen MR) is 71.4 cm³/mol. The molecular formula is C10H15N3O3S2. The average molecular weight is 289 g/mol. The van der Waals surface area contributed by atoms with E-state index < -0.39 is 21.0 Å². The summed E-state index contributed by atoms with van der Waals surface area (Å²) in [5.41, 5.74) is 0. The van der Waals surface area contributed by atoms with Crippen LogP contribution in [0.25, 0.3) is 0 Å². The molecule has 1 N–H and O–H groups in total. The molecule has 0 saturated heterocycles. The maximum absolute atomic E-state index is 11.7. The van der Waals surface area contributed by atoms with Gasteiger partial charge in [0.25, 0.3) is 0 Å². The number of anilines is 1.